The normalized spacial score (nSPS) is 12.2. The molecule has 5 nitrogen and oxygen atoms in total. The highest BCUT2D eigenvalue weighted by atomic mass is 19.4. The zero-order chi connectivity index (χ0) is 21.5. The van der Waals surface area contributed by atoms with Gasteiger partial charge in [-0.05, 0) is 31.2 Å². The average molecular weight is 410 g/mol. The summed E-state index contributed by atoms with van der Waals surface area (Å²) in [4.78, 5) is 19.1. The summed E-state index contributed by atoms with van der Waals surface area (Å²) in [5, 5.41) is 0. The zero-order valence-electron chi connectivity index (χ0n) is 16.1. The van der Waals surface area contributed by atoms with Crippen LogP contribution >= 0.6 is 0 Å². The van der Waals surface area contributed by atoms with E-state index in [1.165, 1.54) is 6.92 Å². The molecule has 0 atom stereocenters. The molecule has 0 aliphatic rings. The van der Waals surface area contributed by atoms with Crippen molar-refractivity contribution < 1.29 is 36.2 Å². The van der Waals surface area contributed by atoms with Crippen LogP contribution in [0.3, 0.4) is 0 Å². The molecule has 0 amide bonds. The van der Waals surface area contributed by atoms with Crippen LogP contribution in [0.25, 0.3) is 0 Å². The molecule has 0 unspecified atom stereocenters. The van der Waals surface area contributed by atoms with Crippen molar-refractivity contribution in [2.24, 2.45) is 10.9 Å². The summed E-state index contributed by atoms with van der Waals surface area (Å²) in [6.45, 7) is 6.63. The molecule has 0 radical (unpaired) electrons. The van der Waals surface area contributed by atoms with Crippen molar-refractivity contribution in [3.63, 3.8) is 0 Å². The van der Waals surface area contributed by atoms with Gasteiger partial charge in [0.05, 0.1) is 24.5 Å². The van der Waals surface area contributed by atoms with Gasteiger partial charge in [0.25, 0.3) is 6.43 Å². The number of esters is 1. The quantitative estimate of drug-likeness (QED) is 0.177. The van der Waals surface area contributed by atoms with E-state index in [1.807, 2.05) is 0 Å². The molecule has 28 heavy (non-hydrogen) atoms. The van der Waals surface area contributed by atoms with Crippen LogP contribution in [-0.4, -0.2) is 30.6 Å². The van der Waals surface area contributed by atoms with Crippen LogP contribution < -0.4 is 0 Å². The van der Waals surface area contributed by atoms with Gasteiger partial charge in [0.15, 0.2) is 12.1 Å². The summed E-state index contributed by atoms with van der Waals surface area (Å²) in [7, 11) is 0. The molecule has 0 fully saturated rings. The molecule has 0 aliphatic carbocycles. The van der Waals surface area contributed by atoms with E-state index in [-0.39, 0.29) is 31.1 Å². The van der Waals surface area contributed by atoms with E-state index >= 15 is 0 Å². The minimum absolute atomic E-state index is 0.111. The molecule has 1 rings (SSSR count). The first kappa shape index (κ1) is 23.8. The topological polar surface area (TPSA) is 60.8 Å². The first-order chi connectivity index (χ1) is 13.0. The molecule has 1 aromatic rings. The third kappa shape index (κ3) is 6.13. The van der Waals surface area contributed by atoms with Crippen molar-refractivity contribution in [2.75, 3.05) is 13.2 Å². The molecule has 1 aromatic heterocycles. The molecule has 0 bridgehead atoms. The van der Waals surface area contributed by atoms with Gasteiger partial charge < -0.3 is 9.47 Å². The molecular weight excluding hydrogens is 387 g/mol. The zero-order valence-corrected chi connectivity index (χ0v) is 16.1. The van der Waals surface area contributed by atoms with E-state index < -0.39 is 41.2 Å². The van der Waals surface area contributed by atoms with Crippen molar-refractivity contribution >= 4 is 18.1 Å². The van der Waals surface area contributed by atoms with Crippen LogP contribution in [0.1, 0.15) is 67.9 Å². The van der Waals surface area contributed by atoms with Crippen molar-refractivity contribution in [3.8, 4) is 0 Å². The Morgan fingerprint density at radius 2 is 1.89 bits per heavy atom. The molecule has 0 saturated carbocycles. The Labute approximate surface area is 160 Å². The average Bonchev–Trinajstić information content (AvgIpc) is 2.57. The molecule has 1 heterocycles. The standard InChI is InChI=1S/C18H23F5N2O3/c1-5-7-27-9-24-13-11(8-10(3)4)12(17(26)28-6-2)15(18(21,22)23)25-14(13)16(19)20/h9-10,16H,5-8H2,1-4H3. The maximum Gasteiger partial charge on any atom is 0.434 e. The van der Waals surface area contributed by atoms with Gasteiger partial charge >= 0.3 is 12.1 Å². The van der Waals surface area contributed by atoms with Crippen molar-refractivity contribution in [2.45, 2.75) is 53.1 Å². The van der Waals surface area contributed by atoms with Gasteiger partial charge in [-0.15, -0.1) is 0 Å². The third-order valence-corrected chi connectivity index (χ3v) is 3.44. The highest BCUT2D eigenvalue weighted by Crippen LogP contribution is 2.41. The van der Waals surface area contributed by atoms with Gasteiger partial charge in [-0.1, -0.05) is 20.8 Å². The molecule has 10 heteroatoms. The molecular formula is C18H23F5N2O3. The number of hydrogen-bond donors (Lipinski definition) is 0. The van der Waals surface area contributed by atoms with E-state index in [4.69, 9.17) is 9.47 Å². The van der Waals surface area contributed by atoms with Gasteiger partial charge in [-0.3, -0.25) is 0 Å². The second-order valence-corrected chi connectivity index (χ2v) is 6.27. The number of carbonyl (C=O) groups is 1. The number of ether oxygens (including phenoxy) is 2. The number of pyridine rings is 1. The number of nitrogens with zero attached hydrogens (tertiary/aromatic N) is 2. The van der Waals surface area contributed by atoms with Gasteiger partial charge in [0, 0.05) is 0 Å². The second kappa shape index (κ2) is 10.3. The van der Waals surface area contributed by atoms with Gasteiger partial charge in [0.1, 0.15) is 5.69 Å². The Kier molecular flexibility index (Phi) is 8.77. The molecule has 0 saturated heterocycles. The summed E-state index contributed by atoms with van der Waals surface area (Å²) >= 11 is 0. The number of rotatable bonds is 9. The lowest BCUT2D eigenvalue weighted by Gasteiger charge is -2.20. The van der Waals surface area contributed by atoms with Gasteiger partial charge in [0.2, 0.25) is 0 Å². The van der Waals surface area contributed by atoms with Crippen molar-refractivity contribution in [3.05, 3.63) is 22.5 Å². The number of halogens is 5. The van der Waals surface area contributed by atoms with E-state index in [0.717, 1.165) is 6.40 Å². The van der Waals surface area contributed by atoms with E-state index in [1.54, 1.807) is 20.8 Å². The van der Waals surface area contributed by atoms with Crippen molar-refractivity contribution in [1.29, 1.82) is 0 Å². The van der Waals surface area contributed by atoms with Crippen LogP contribution in [0.2, 0.25) is 0 Å². The summed E-state index contributed by atoms with van der Waals surface area (Å²) in [5.74, 6) is -1.54. The highest BCUT2D eigenvalue weighted by molar-refractivity contribution is 5.94. The SMILES string of the molecule is CCCOC=Nc1c(C(F)F)nc(C(F)(F)F)c(C(=O)OCC)c1CC(C)C. The number of aromatic nitrogens is 1. The lowest BCUT2D eigenvalue weighted by Crippen LogP contribution is -2.22. The minimum atomic E-state index is -5.13. The summed E-state index contributed by atoms with van der Waals surface area (Å²) in [6, 6.07) is 0. The van der Waals surface area contributed by atoms with E-state index in [2.05, 4.69) is 9.98 Å². The second-order valence-electron chi connectivity index (χ2n) is 6.27. The molecule has 0 aromatic carbocycles. The smallest absolute Gasteiger partial charge is 0.434 e. The molecule has 0 aliphatic heterocycles. The molecule has 0 N–H and O–H groups in total. The van der Waals surface area contributed by atoms with Gasteiger partial charge in [-0.25, -0.2) is 23.6 Å². The van der Waals surface area contributed by atoms with Crippen LogP contribution in [0.4, 0.5) is 27.6 Å². The highest BCUT2D eigenvalue weighted by Gasteiger charge is 2.42. The summed E-state index contributed by atoms with van der Waals surface area (Å²) < 4.78 is 77.3. The minimum Gasteiger partial charge on any atom is -0.483 e. The van der Waals surface area contributed by atoms with E-state index in [0.29, 0.717) is 6.42 Å². The lowest BCUT2D eigenvalue weighted by atomic mass is 9.94. The number of hydrogen-bond acceptors (Lipinski definition) is 5. The molecule has 0 spiro atoms. The van der Waals surface area contributed by atoms with Crippen molar-refractivity contribution in [1.82, 2.24) is 4.98 Å². The summed E-state index contributed by atoms with van der Waals surface area (Å²) in [6.07, 6.45) is -7.08. The largest absolute Gasteiger partial charge is 0.483 e. The summed E-state index contributed by atoms with van der Waals surface area (Å²) in [5.41, 5.74) is -4.55. The molecule has 158 valence electrons. The van der Waals surface area contributed by atoms with Crippen LogP contribution in [0, 0.1) is 5.92 Å². The van der Waals surface area contributed by atoms with Crippen LogP contribution in [0.5, 0.6) is 0 Å². The first-order valence-electron chi connectivity index (χ1n) is 8.77. The maximum absolute atomic E-state index is 13.5. The fourth-order valence-electron chi connectivity index (χ4n) is 2.44. The van der Waals surface area contributed by atoms with Crippen LogP contribution in [-0.2, 0) is 22.1 Å². The maximum atomic E-state index is 13.5. The number of alkyl halides is 5. The fourth-order valence-corrected chi connectivity index (χ4v) is 2.44. The Hall–Kier alpha value is -2.26. The third-order valence-electron chi connectivity index (χ3n) is 3.44. The lowest BCUT2D eigenvalue weighted by molar-refractivity contribution is -0.142. The Bertz CT molecular complexity index is 703. The Morgan fingerprint density at radius 1 is 1.25 bits per heavy atom. The van der Waals surface area contributed by atoms with E-state index in [9.17, 15) is 26.7 Å². The van der Waals surface area contributed by atoms with Crippen LogP contribution in [0.15, 0.2) is 4.99 Å². The number of aliphatic imine (C=N–C) groups is 1. The fraction of sp³-hybridized carbons (Fsp3) is 0.611. The monoisotopic (exact) mass is 410 g/mol. The predicted octanol–water partition coefficient (Wildman–Crippen LogP) is 5.50. The van der Waals surface area contributed by atoms with Gasteiger partial charge in [-0.2, -0.15) is 13.2 Å². The Morgan fingerprint density at radius 3 is 2.36 bits per heavy atom. The first-order valence-corrected chi connectivity index (χ1v) is 8.77. The number of carbonyl (C=O) groups excluding carboxylic acids is 1. The predicted molar refractivity (Wildman–Crippen MR) is 93.1 cm³/mol. The Balaban J connectivity index is 3.85.